The van der Waals surface area contributed by atoms with Gasteiger partial charge in [-0.3, -0.25) is 9.59 Å². The number of esters is 1. The summed E-state index contributed by atoms with van der Waals surface area (Å²) in [6, 6.07) is -0.511. The second kappa shape index (κ2) is 7.00. The van der Waals surface area contributed by atoms with Gasteiger partial charge in [-0.25, -0.2) is 9.67 Å². The number of ether oxygens (including phenoxy) is 2. The lowest BCUT2D eigenvalue weighted by Crippen LogP contribution is -2.37. The second-order valence-electron chi connectivity index (χ2n) is 5.10. The van der Waals surface area contributed by atoms with Crippen LogP contribution in [0.5, 0.6) is 0 Å². The van der Waals surface area contributed by atoms with Crippen molar-refractivity contribution in [2.45, 2.75) is 37.5 Å². The summed E-state index contributed by atoms with van der Waals surface area (Å²) >= 11 is 0. The summed E-state index contributed by atoms with van der Waals surface area (Å²) in [6.45, 7) is 1.38. The van der Waals surface area contributed by atoms with Gasteiger partial charge in [0.05, 0.1) is 0 Å². The molecule has 128 valence electrons. The summed E-state index contributed by atoms with van der Waals surface area (Å²) in [7, 11) is 1.60. The number of carbonyl (C=O) groups is 2. The zero-order chi connectivity index (χ0) is 17.1. The van der Waals surface area contributed by atoms with Crippen LogP contribution in [0.2, 0.25) is 0 Å². The number of aliphatic hydroxyl groups excluding tert-OH is 2. The van der Waals surface area contributed by atoms with E-state index < -0.39 is 42.5 Å². The summed E-state index contributed by atoms with van der Waals surface area (Å²) in [5.41, 5.74) is 5.04. The number of primary amides is 1. The number of rotatable bonds is 6. The fourth-order valence-electron chi connectivity index (χ4n) is 2.00. The maximum Gasteiger partial charge on any atom is 0.322 e. The maximum absolute atomic E-state index is 11.6. The van der Waals surface area contributed by atoms with Crippen LogP contribution in [0.1, 0.15) is 23.8 Å². The Morgan fingerprint density at radius 1 is 1.52 bits per heavy atom. The Labute approximate surface area is 131 Å². The monoisotopic (exact) mass is 329 g/mol. The number of nitrogens with one attached hydrogen (secondary N) is 1. The Bertz CT molecular complexity index is 578. The van der Waals surface area contributed by atoms with Gasteiger partial charge in [-0.05, 0) is 14.0 Å². The standard InChI is InChI=1S/C12H19N5O6/c1-5(14-2)12(21)22-3-6-7(18)8(19)11(23-6)17-4-15-10(16-17)9(13)20/h4-8,11,14,18-19H,3H2,1-2H3,(H2,13,20)/t5-,6?,7+,8+,11?/m0/s1. The highest BCUT2D eigenvalue weighted by Crippen LogP contribution is 2.28. The summed E-state index contributed by atoms with van der Waals surface area (Å²) in [4.78, 5) is 26.2. The molecule has 2 unspecified atom stereocenters. The van der Waals surface area contributed by atoms with E-state index in [0.29, 0.717) is 0 Å². The SMILES string of the molecule is CN[C@@H](C)C(=O)OCC1OC(n2cnc(C(N)=O)n2)[C@H](O)[C@@H]1O. The van der Waals surface area contributed by atoms with E-state index >= 15 is 0 Å². The molecule has 5 N–H and O–H groups in total. The number of amides is 1. The summed E-state index contributed by atoms with van der Waals surface area (Å²) in [5.74, 6) is -1.59. The van der Waals surface area contributed by atoms with E-state index in [-0.39, 0.29) is 12.4 Å². The summed E-state index contributed by atoms with van der Waals surface area (Å²) < 4.78 is 11.5. The maximum atomic E-state index is 11.6. The van der Waals surface area contributed by atoms with Crippen LogP contribution in [0.25, 0.3) is 0 Å². The molecule has 0 spiro atoms. The topological polar surface area (TPSA) is 162 Å². The molecule has 0 aliphatic carbocycles. The lowest BCUT2D eigenvalue weighted by atomic mass is 10.1. The van der Waals surface area contributed by atoms with Crippen molar-refractivity contribution in [1.82, 2.24) is 20.1 Å². The molecule has 0 bridgehead atoms. The first-order valence-electron chi connectivity index (χ1n) is 6.91. The zero-order valence-electron chi connectivity index (χ0n) is 12.6. The average molecular weight is 329 g/mol. The molecule has 1 aliphatic heterocycles. The largest absolute Gasteiger partial charge is 0.462 e. The molecule has 1 fully saturated rings. The molecule has 0 radical (unpaired) electrons. The van der Waals surface area contributed by atoms with Gasteiger partial charge in [0, 0.05) is 0 Å². The van der Waals surface area contributed by atoms with Crippen molar-refractivity contribution in [2.24, 2.45) is 5.73 Å². The highest BCUT2D eigenvalue weighted by molar-refractivity contribution is 5.88. The molecular formula is C12H19N5O6. The van der Waals surface area contributed by atoms with Crippen molar-refractivity contribution < 1.29 is 29.3 Å². The van der Waals surface area contributed by atoms with Crippen molar-refractivity contribution in [3.63, 3.8) is 0 Å². The van der Waals surface area contributed by atoms with Crippen molar-refractivity contribution in [1.29, 1.82) is 0 Å². The third kappa shape index (κ3) is 3.64. The number of nitrogens with two attached hydrogens (primary N) is 1. The van der Waals surface area contributed by atoms with Crippen molar-refractivity contribution in [3.8, 4) is 0 Å². The fraction of sp³-hybridized carbons (Fsp3) is 0.667. The molecule has 1 aliphatic rings. The third-order valence-electron chi connectivity index (χ3n) is 3.50. The third-order valence-corrected chi connectivity index (χ3v) is 3.50. The summed E-state index contributed by atoms with van der Waals surface area (Å²) in [6.07, 6.45) is -3.49. The number of likely N-dealkylation sites (N-methyl/N-ethyl adjacent to an activating group) is 1. The van der Waals surface area contributed by atoms with Crippen molar-refractivity contribution in [2.75, 3.05) is 13.7 Å². The zero-order valence-corrected chi connectivity index (χ0v) is 12.6. The molecule has 2 heterocycles. The molecular weight excluding hydrogens is 310 g/mol. The van der Waals surface area contributed by atoms with Gasteiger partial charge >= 0.3 is 5.97 Å². The molecule has 1 aromatic heterocycles. The Balaban J connectivity index is 2.00. The van der Waals surface area contributed by atoms with E-state index in [0.717, 1.165) is 11.0 Å². The van der Waals surface area contributed by atoms with Gasteiger partial charge in [-0.2, -0.15) is 0 Å². The highest BCUT2D eigenvalue weighted by Gasteiger charge is 2.45. The fourth-order valence-corrected chi connectivity index (χ4v) is 2.00. The molecule has 0 aromatic carbocycles. The van der Waals surface area contributed by atoms with E-state index in [1.807, 2.05) is 0 Å². The average Bonchev–Trinajstić information content (AvgIpc) is 3.11. The van der Waals surface area contributed by atoms with Crippen LogP contribution < -0.4 is 11.1 Å². The Hall–Kier alpha value is -2.08. The van der Waals surface area contributed by atoms with Crippen LogP contribution in [0.4, 0.5) is 0 Å². The van der Waals surface area contributed by atoms with Crippen LogP contribution in [-0.4, -0.2) is 74.9 Å². The van der Waals surface area contributed by atoms with E-state index in [4.69, 9.17) is 15.2 Å². The van der Waals surface area contributed by atoms with E-state index in [1.54, 1.807) is 14.0 Å². The first-order chi connectivity index (χ1) is 10.8. The minimum Gasteiger partial charge on any atom is -0.462 e. The first kappa shape index (κ1) is 17.3. The van der Waals surface area contributed by atoms with Crippen LogP contribution in [0.3, 0.4) is 0 Å². The molecule has 11 nitrogen and oxygen atoms in total. The van der Waals surface area contributed by atoms with Gasteiger partial charge < -0.3 is 30.7 Å². The first-order valence-corrected chi connectivity index (χ1v) is 6.91. The number of carbonyl (C=O) groups excluding carboxylic acids is 2. The van der Waals surface area contributed by atoms with Crippen LogP contribution in [0, 0.1) is 0 Å². The van der Waals surface area contributed by atoms with E-state index in [2.05, 4.69) is 15.4 Å². The molecule has 1 aromatic rings. The smallest absolute Gasteiger partial charge is 0.322 e. The van der Waals surface area contributed by atoms with Crippen molar-refractivity contribution >= 4 is 11.9 Å². The van der Waals surface area contributed by atoms with Gasteiger partial charge in [0.1, 0.15) is 37.3 Å². The van der Waals surface area contributed by atoms with E-state index in [1.165, 1.54) is 0 Å². The van der Waals surface area contributed by atoms with Gasteiger partial charge in [-0.1, -0.05) is 0 Å². The number of aromatic nitrogens is 3. The molecule has 5 atom stereocenters. The Morgan fingerprint density at radius 2 is 2.22 bits per heavy atom. The van der Waals surface area contributed by atoms with Gasteiger partial charge in [0.15, 0.2) is 6.23 Å². The molecule has 0 saturated carbocycles. The van der Waals surface area contributed by atoms with E-state index in [9.17, 15) is 19.8 Å². The van der Waals surface area contributed by atoms with Crippen LogP contribution in [0.15, 0.2) is 6.33 Å². The molecule has 2 rings (SSSR count). The van der Waals surface area contributed by atoms with Crippen LogP contribution >= 0.6 is 0 Å². The lowest BCUT2D eigenvalue weighted by Gasteiger charge is -2.16. The quantitative estimate of drug-likeness (QED) is 0.402. The number of aliphatic hydroxyl groups is 2. The lowest BCUT2D eigenvalue weighted by molar-refractivity contribution is -0.152. The molecule has 1 amide bonds. The Morgan fingerprint density at radius 3 is 2.78 bits per heavy atom. The minimum atomic E-state index is -1.33. The van der Waals surface area contributed by atoms with Gasteiger partial charge in [0.2, 0.25) is 5.82 Å². The van der Waals surface area contributed by atoms with Gasteiger partial charge in [-0.15, -0.1) is 5.10 Å². The van der Waals surface area contributed by atoms with Crippen molar-refractivity contribution in [3.05, 3.63) is 12.2 Å². The second-order valence-corrected chi connectivity index (χ2v) is 5.10. The normalized spacial score (nSPS) is 28.5. The number of hydrogen-bond acceptors (Lipinski definition) is 9. The minimum absolute atomic E-state index is 0.239. The summed E-state index contributed by atoms with van der Waals surface area (Å²) in [5, 5.41) is 26.5. The molecule has 23 heavy (non-hydrogen) atoms. The predicted octanol–water partition coefficient (Wildman–Crippen LogP) is -2.85. The van der Waals surface area contributed by atoms with Crippen LogP contribution in [-0.2, 0) is 14.3 Å². The van der Waals surface area contributed by atoms with Gasteiger partial charge in [0.25, 0.3) is 5.91 Å². The number of hydrogen-bond donors (Lipinski definition) is 4. The number of nitrogens with zero attached hydrogens (tertiary/aromatic N) is 3. The Kier molecular flexibility index (Phi) is 5.26. The highest BCUT2D eigenvalue weighted by atomic mass is 16.6. The molecule has 1 saturated heterocycles. The predicted molar refractivity (Wildman–Crippen MR) is 73.9 cm³/mol. The molecule has 11 heteroatoms.